The van der Waals surface area contributed by atoms with Gasteiger partial charge in [-0.3, -0.25) is 14.8 Å². The molecule has 3 rings (SSSR count). The van der Waals surface area contributed by atoms with Crippen molar-refractivity contribution in [2.45, 2.75) is 25.8 Å². The van der Waals surface area contributed by atoms with Gasteiger partial charge in [-0.1, -0.05) is 18.2 Å². The lowest BCUT2D eigenvalue weighted by atomic mass is 9.85. The van der Waals surface area contributed by atoms with Crippen molar-refractivity contribution in [3.05, 3.63) is 70.8 Å². The normalized spacial score (nSPS) is 16.2. The zero-order valence-electron chi connectivity index (χ0n) is 15.5. The molecule has 2 aromatic carbocycles. The number of allylic oxidation sites excluding steroid dienone is 1. The molecule has 0 atom stereocenters. The monoisotopic (exact) mass is 366 g/mol. The Labute approximate surface area is 157 Å². The van der Waals surface area contributed by atoms with Gasteiger partial charge in [-0.05, 0) is 50.1 Å². The summed E-state index contributed by atoms with van der Waals surface area (Å²) in [5.74, 6) is -0.0722. The third-order valence-corrected chi connectivity index (χ3v) is 4.52. The average molecular weight is 366 g/mol. The largest absolute Gasteiger partial charge is 0.497 e. The molecule has 0 spiro atoms. The molecule has 0 aliphatic carbocycles. The van der Waals surface area contributed by atoms with Crippen LogP contribution in [0.1, 0.15) is 45.7 Å². The predicted molar refractivity (Wildman–Crippen MR) is 102 cm³/mol. The molecule has 3 N–H and O–H groups in total. The Hall–Kier alpha value is -3.12. The van der Waals surface area contributed by atoms with Crippen molar-refractivity contribution >= 4 is 17.4 Å². The van der Waals surface area contributed by atoms with Crippen molar-refractivity contribution in [2.24, 2.45) is 0 Å². The summed E-state index contributed by atoms with van der Waals surface area (Å²) in [6.07, 6.45) is 2.41. The van der Waals surface area contributed by atoms with Crippen molar-refractivity contribution in [2.75, 3.05) is 7.11 Å². The SMILES string of the molecule is COc1ccc2c(c1)/C(=C/C(=O)c1ccc(C(=O)NO)cc1)NC(C)(C)C2. The molecule has 140 valence electrons. The van der Waals surface area contributed by atoms with Crippen molar-refractivity contribution in [1.29, 1.82) is 0 Å². The minimum Gasteiger partial charge on any atom is -0.497 e. The first-order valence-electron chi connectivity index (χ1n) is 8.59. The smallest absolute Gasteiger partial charge is 0.274 e. The Balaban J connectivity index is 1.96. The Kier molecular flexibility index (Phi) is 5.01. The molecule has 1 amide bonds. The molecule has 6 heteroatoms. The molecule has 2 aromatic rings. The van der Waals surface area contributed by atoms with E-state index in [9.17, 15) is 9.59 Å². The fourth-order valence-corrected chi connectivity index (χ4v) is 3.22. The Bertz CT molecular complexity index is 914. The molecule has 0 aromatic heterocycles. The molecule has 6 nitrogen and oxygen atoms in total. The van der Waals surface area contributed by atoms with Crippen LogP contribution >= 0.6 is 0 Å². The number of nitrogens with one attached hydrogen (secondary N) is 2. The molecule has 1 heterocycles. The Morgan fingerprint density at radius 3 is 2.44 bits per heavy atom. The van der Waals surface area contributed by atoms with E-state index in [2.05, 4.69) is 19.2 Å². The highest BCUT2D eigenvalue weighted by Gasteiger charge is 2.28. The van der Waals surface area contributed by atoms with Crippen molar-refractivity contribution in [3.63, 3.8) is 0 Å². The molecule has 0 saturated carbocycles. The summed E-state index contributed by atoms with van der Waals surface area (Å²) < 4.78 is 5.32. The van der Waals surface area contributed by atoms with Crippen molar-refractivity contribution in [1.82, 2.24) is 10.8 Å². The summed E-state index contributed by atoms with van der Waals surface area (Å²) in [6.45, 7) is 4.17. The molecular weight excluding hydrogens is 344 g/mol. The topological polar surface area (TPSA) is 87.7 Å². The highest BCUT2D eigenvalue weighted by atomic mass is 16.5. The highest BCUT2D eigenvalue weighted by Crippen LogP contribution is 2.32. The number of rotatable bonds is 4. The van der Waals surface area contributed by atoms with Crippen LogP contribution in [0.3, 0.4) is 0 Å². The number of ether oxygens (including phenoxy) is 1. The van der Waals surface area contributed by atoms with Crippen LogP contribution in [0, 0.1) is 0 Å². The summed E-state index contributed by atoms with van der Waals surface area (Å²) in [7, 11) is 1.61. The van der Waals surface area contributed by atoms with Gasteiger partial charge >= 0.3 is 0 Å². The first kappa shape index (κ1) is 18.7. The Morgan fingerprint density at radius 1 is 1.15 bits per heavy atom. The fourth-order valence-electron chi connectivity index (χ4n) is 3.22. The lowest BCUT2D eigenvalue weighted by molar-refractivity contribution is 0.0706. The van der Waals surface area contributed by atoms with E-state index < -0.39 is 5.91 Å². The first-order valence-corrected chi connectivity index (χ1v) is 8.59. The van der Waals surface area contributed by atoms with E-state index in [0.29, 0.717) is 5.56 Å². The second-order valence-corrected chi connectivity index (χ2v) is 7.15. The zero-order valence-corrected chi connectivity index (χ0v) is 15.5. The number of amides is 1. The number of ketones is 1. The maximum absolute atomic E-state index is 12.7. The van der Waals surface area contributed by atoms with Gasteiger partial charge in [0.1, 0.15) is 5.75 Å². The van der Waals surface area contributed by atoms with E-state index in [1.54, 1.807) is 30.8 Å². The summed E-state index contributed by atoms with van der Waals surface area (Å²) in [4.78, 5) is 24.1. The highest BCUT2D eigenvalue weighted by molar-refractivity contribution is 6.09. The van der Waals surface area contributed by atoms with Gasteiger partial charge in [-0.25, -0.2) is 5.48 Å². The first-order chi connectivity index (χ1) is 12.8. The van der Waals surface area contributed by atoms with Gasteiger partial charge in [0.2, 0.25) is 0 Å². The molecule has 1 aliphatic heterocycles. The van der Waals surface area contributed by atoms with Crippen LogP contribution in [0.25, 0.3) is 5.70 Å². The molecule has 27 heavy (non-hydrogen) atoms. The second-order valence-electron chi connectivity index (χ2n) is 7.15. The number of hydrogen-bond donors (Lipinski definition) is 3. The third-order valence-electron chi connectivity index (χ3n) is 4.52. The number of methoxy groups -OCH3 is 1. The van der Waals surface area contributed by atoms with E-state index in [-0.39, 0.29) is 16.9 Å². The van der Waals surface area contributed by atoms with E-state index >= 15 is 0 Å². The van der Waals surface area contributed by atoms with E-state index in [1.165, 1.54) is 12.1 Å². The zero-order chi connectivity index (χ0) is 19.6. The van der Waals surface area contributed by atoms with Gasteiger partial charge in [-0.2, -0.15) is 0 Å². The van der Waals surface area contributed by atoms with Crippen LogP contribution in [-0.2, 0) is 6.42 Å². The minimum absolute atomic E-state index is 0.181. The molecule has 1 aliphatic rings. The molecule has 0 radical (unpaired) electrons. The van der Waals surface area contributed by atoms with Crippen LogP contribution < -0.4 is 15.5 Å². The summed E-state index contributed by atoms with van der Waals surface area (Å²) in [6, 6.07) is 12.0. The van der Waals surface area contributed by atoms with Crippen molar-refractivity contribution in [3.8, 4) is 5.75 Å². The minimum atomic E-state index is -0.621. The lowest BCUT2D eigenvalue weighted by Crippen LogP contribution is -2.43. The van der Waals surface area contributed by atoms with Gasteiger partial charge in [-0.15, -0.1) is 0 Å². The van der Waals surface area contributed by atoms with Gasteiger partial charge in [0.15, 0.2) is 5.78 Å². The second kappa shape index (κ2) is 7.25. The van der Waals surface area contributed by atoms with E-state index in [1.807, 2.05) is 18.2 Å². The van der Waals surface area contributed by atoms with Crippen LogP contribution in [0.15, 0.2) is 48.5 Å². The predicted octanol–water partition coefficient (Wildman–Crippen LogP) is 2.96. The number of carbonyl (C=O) groups is 2. The molecule has 0 saturated heterocycles. The molecular formula is C21H22N2O4. The summed E-state index contributed by atoms with van der Waals surface area (Å²) in [5.41, 5.74) is 4.94. The molecule has 0 unspecified atom stereocenters. The van der Waals surface area contributed by atoms with E-state index in [0.717, 1.165) is 29.0 Å². The quantitative estimate of drug-likeness (QED) is 0.335. The van der Waals surface area contributed by atoms with Crippen LogP contribution in [0.2, 0.25) is 0 Å². The summed E-state index contributed by atoms with van der Waals surface area (Å²) in [5, 5.41) is 12.1. The van der Waals surface area contributed by atoms with Gasteiger partial charge < -0.3 is 10.1 Å². The maximum Gasteiger partial charge on any atom is 0.274 e. The van der Waals surface area contributed by atoms with E-state index in [4.69, 9.17) is 9.94 Å². The standard InChI is InChI=1S/C21H22N2O4/c1-21(2)12-15-8-9-16(27-3)10-17(15)18(22-21)11-19(24)13-4-6-14(7-5-13)20(25)23-26/h4-11,22,26H,12H2,1-3H3,(H,23,25)/b18-11-. The van der Waals surface area contributed by atoms with Gasteiger partial charge in [0.25, 0.3) is 5.91 Å². The maximum atomic E-state index is 12.7. The number of hydrogen-bond acceptors (Lipinski definition) is 5. The lowest BCUT2D eigenvalue weighted by Gasteiger charge is -2.35. The third kappa shape index (κ3) is 4.01. The van der Waals surface area contributed by atoms with Gasteiger partial charge in [0.05, 0.1) is 7.11 Å². The van der Waals surface area contributed by atoms with Crippen LogP contribution in [0.5, 0.6) is 5.75 Å². The molecule has 0 fully saturated rings. The fraction of sp³-hybridized carbons (Fsp3) is 0.238. The summed E-state index contributed by atoms with van der Waals surface area (Å²) >= 11 is 0. The van der Waals surface area contributed by atoms with Gasteiger partial charge in [0, 0.05) is 34.0 Å². The molecule has 0 bridgehead atoms. The van der Waals surface area contributed by atoms with Crippen molar-refractivity contribution < 1.29 is 19.5 Å². The van der Waals surface area contributed by atoms with Crippen LogP contribution in [-0.4, -0.2) is 29.5 Å². The number of hydroxylamine groups is 1. The Morgan fingerprint density at radius 2 is 1.81 bits per heavy atom. The number of benzene rings is 2. The van der Waals surface area contributed by atoms with Crippen LogP contribution in [0.4, 0.5) is 0 Å². The number of fused-ring (bicyclic) bond motifs is 1. The average Bonchev–Trinajstić information content (AvgIpc) is 2.66. The number of carbonyl (C=O) groups excluding carboxylic acids is 2.